The van der Waals surface area contributed by atoms with E-state index in [1.54, 1.807) is 36.4 Å². The highest BCUT2D eigenvalue weighted by Crippen LogP contribution is 2.26. The van der Waals surface area contributed by atoms with E-state index < -0.39 is 17.7 Å². The van der Waals surface area contributed by atoms with Crippen LogP contribution in [-0.4, -0.2) is 28.5 Å². The molecule has 0 bridgehead atoms. The largest absolute Gasteiger partial charge is 0.419 e. The number of cyclic esters (lactones) is 2. The highest BCUT2D eigenvalue weighted by Gasteiger charge is 2.39. The maximum Gasteiger partial charge on any atom is 0.350 e. The number of hydrogen-bond acceptors (Lipinski definition) is 7. The number of ether oxygens (including phenoxy) is 2. The Bertz CT molecular complexity index is 932. The Kier molecular flexibility index (Phi) is 5.09. The topological polar surface area (TPSA) is 94.6 Å². The van der Waals surface area contributed by atoms with Gasteiger partial charge in [-0.15, -0.1) is 0 Å². The predicted molar refractivity (Wildman–Crippen MR) is 99.8 cm³/mol. The second-order valence-corrected chi connectivity index (χ2v) is 7.03. The molecule has 1 aliphatic rings. The van der Waals surface area contributed by atoms with Crippen molar-refractivity contribution in [2.45, 2.75) is 19.6 Å². The van der Waals surface area contributed by atoms with Gasteiger partial charge in [-0.2, -0.15) is 0 Å². The number of rotatable bonds is 4. The lowest BCUT2D eigenvalue weighted by molar-refractivity contribution is -0.222. The van der Waals surface area contributed by atoms with Crippen LogP contribution in [0.4, 0.5) is 5.69 Å². The molecule has 3 rings (SSSR count). The molecule has 1 aromatic heterocycles. The molecule has 0 spiro atoms. The molecular formula is C19H15BrN2O5. The van der Waals surface area contributed by atoms with Crippen LogP contribution in [0.3, 0.4) is 0 Å². The highest BCUT2D eigenvalue weighted by molar-refractivity contribution is 9.10. The first-order chi connectivity index (χ1) is 12.8. The molecule has 0 aliphatic carbocycles. The number of anilines is 1. The average molecular weight is 431 g/mol. The fraction of sp³-hybridized carbons (Fsp3) is 0.158. The van der Waals surface area contributed by atoms with Crippen molar-refractivity contribution < 1.29 is 23.9 Å². The maximum absolute atomic E-state index is 12.8. The van der Waals surface area contributed by atoms with Gasteiger partial charge in [-0.05, 0) is 30.3 Å². The summed E-state index contributed by atoms with van der Waals surface area (Å²) in [5.41, 5.74) is 0.683. The van der Waals surface area contributed by atoms with Gasteiger partial charge in [0.25, 0.3) is 5.79 Å². The highest BCUT2D eigenvalue weighted by atomic mass is 79.9. The summed E-state index contributed by atoms with van der Waals surface area (Å²) < 4.78 is 10.8. The summed E-state index contributed by atoms with van der Waals surface area (Å²) >= 11 is 3.33. The molecule has 2 heterocycles. The summed E-state index contributed by atoms with van der Waals surface area (Å²) in [5.74, 6) is -3.24. The summed E-state index contributed by atoms with van der Waals surface area (Å²) in [4.78, 5) is 40.9. The van der Waals surface area contributed by atoms with E-state index in [4.69, 9.17) is 9.47 Å². The number of carbonyl (C=O) groups excluding carboxylic acids is 3. The van der Waals surface area contributed by atoms with Gasteiger partial charge in [0.15, 0.2) is 5.57 Å². The SMILES string of the molecule is CC1(C)OC(=O)C(=CNc2ccc(Br)cc2C(=O)c2ccccn2)C(=O)O1. The Balaban J connectivity index is 1.91. The molecule has 2 aromatic rings. The number of nitrogens with zero attached hydrogens (tertiary/aromatic N) is 1. The Labute approximate surface area is 163 Å². The van der Waals surface area contributed by atoms with Crippen LogP contribution in [0.25, 0.3) is 0 Å². The van der Waals surface area contributed by atoms with Gasteiger partial charge in [-0.3, -0.25) is 9.78 Å². The van der Waals surface area contributed by atoms with Gasteiger partial charge in [-0.1, -0.05) is 22.0 Å². The summed E-state index contributed by atoms with van der Waals surface area (Å²) in [6, 6.07) is 10.0. The van der Waals surface area contributed by atoms with E-state index in [1.165, 1.54) is 26.2 Å². The number of esters is 2. The molecule has 1 N–H and O–H groups in total. The molecule has 0 unspecified atom stereocenters. The first kappa shape index (κ1) is 18.8. The van der Waals surface area contributed by atoms with E-state index >= 15 is 0 Å². The van der Waals surface area contributed by atoms with E-state index in [2.05, 4.69) is 26.2 Å². The minimum absolute atomic E-state index is 0.268. The van der Waals surface area contributed by atoms with Crippen molar-refractivity contribution in [3.8, 4) is 0 Å². The van der Waals surface area contributed by atoms with Crippen LogP contribution < -0.4 is 5.32 Å². The lowest BCUT2D eigenvalue weighted by Gasteiger charge is -2.29. The number of halogens is 1. The molecule has 1 saturated heterocycles. The van der Waals surface area contributed by atoms with Crippen molar-refractivity contribution in [1.82, 2.24) is 4.98 Å². The van der Waals surface area contributed by atoms with Gasteiger partial charge in [-0.25, -0.2) is 9.59 Å². The molecular weight excluding hydrogens is 416 g/mol. The molecule has 0 radical (unpaired) electrons. The van der Waals surface area contributed by atoms with Gasteiger partial charge in [0.1, 0.15) is 5.69 Å². The number of nitrogens with one attached hydrogen (secondary N) is 1. The lowest BCUT2D eigenvalue weighted by atomic mass is 10.1. The third kappa shape index (κ3) is 4.22. The van der Waals surface area contributed by atoms with Crippen molar-refractivity contribution >= 4 is 39.3 Å². The van der Waals surface area contributed by atoms with E-state index in [0.29, 0.717) is 15.7 Å². The van der Waals surface area contributed by atoms with E-state index in [9.17, 15) is 14.4 Å². The maximum atomic E-state index is 12.8. The van der Waals surface area contributed by atoms with Crippen LogP contribution in [0.5, 0.6) is 0 Å². The van der Waals surface area contributed by atoms with Crippen LogP contribution in [0.15, 0.2) is 58.8 Å². The van der Waals surface area contributed by atoms with Crippen LogP contribution >= 0.6 is 15.9 Å². The second-order valence-electron chi connectivity index (χ2n) is 6.12. The normalized spacial score (nSPS) is 15.6. The van der Waals surface area contributed by atoms with E-state index in [0.717, 1.165) is 0 Å². The van der Waals surface area contributed by atoms with Crippen LogP contribution in [0.1, 0.15) is 29.9 Å². The number of pyridine rings is 1. The summed E-state index contributed by atoms with van der Waals surface area (Å²) in [7, 11) is 0. The van der Waals surface area contributed by atoms with Crippen LogP contribution in [-0.2, 0) is 19.1 Å². The molecule has 8 heteroatoms. The lowest BCUT2D eigenvalue weighted by Crippen LogP contribution is -2.42. The standard InChI is InChI=1S/C19H15BrN2O5/c1-19(2)26-17(24)13(18(25)27-19)10-22-14-7-6-11(20)9-12(14)16(23)15-5-3-4-8-21-15/h3-10,22H,1-2H3. The molecule has 1 aliphatic heterocycles. The number of hydrogen-bond donors (Lipinski definition) is 1. The first-order valence-corrected chi connectivity index (χ1v) is 8.75. The average Bonchev–Trinajstić information content (AvgIpc) is 2.61. The molecule has 138 valence electrons. The van der Waals surface area contributed by atoms with Crippen LogP contribution in [0, 0.1) is 0 Å². The third-order valence-corrected chi connectivity index (χ3v) is 4.11. The summed E-state index contributed by atoms with van der Waals surface area (Å²) in [6.07, 6.45) is 2.69. The number of benzene rings is 1. The Morgan fingerprint density at radius 2 is 1.85 bits per heavy atom. The van der Waals surface area contributed by atoms with Gasteiger partial charge < -0.3 is 14.8 Å². The number of carbonyl (C=O) groups is 3. The molecule has 7 nitrogen and oxygen atoms in total. The quantitative estimate of drug-likeness (QED) is 0.344. The van der Waals surface area contributed by atoms with Crippen molar-refractivity contribution in [2.75, 3.05) is 5.32 Å². The van der Waals surface area contributed by atoms with Gasteiger partial charge in [0.05, 0.1) is 0 Å². The molecule has 0 amide bonds. The molecule has 0 atom stereocenters. The van der Waals surface area contributed by atoms with Gasteiger partial charge in [0, 0.05) is 42.0 Å². The number of aromatic nitrogens is 1. The monoisotopic (exact) mass is 430 g/mol. The minimum Gasteiger partial charge on any atom is -0.419 e. The Hall–Kier alpha value is -3.00. The molecule has 0 saturated carbocycles. The van der Waals surface area contributed by atoms with Gasteiger partial charge in [0.2, 0.25) is 5.78 Å². The summed E-state index contributed by atoms with van der Waals surface area (Å²) in [5, 5.41) is 2.82. The first-order valence-electron chi connectivity index (χ1n) is 7.95. The third-order valence-electron chi connectivity index (χ3n) is 3.61. The van der Waals surface area contributed by atoms with Crippen molar-refractivity contribution in [1.29, 1.82) is 0 Å². The zero-order chi connectivity index (χ0) is 19.6. The number of ketones is 1. The minimum atomic E-state index is -1.32. The molecule has 1 fully saturated rings. The smallest absolute Gasteiger partial charge is 0.350 e. The fourth-order valence-electron chi connectivity index (χ4n) is 2.39. The Morgan fingerprint density at radius 3 is 2.48 bits per heavy atom. The van der Waals surface area contributed by atoms with Crippen molar-refractivity contribution in [2.24, 2.45) is 0 Å². The fourth-order valence-corrected chi connectivity index (χ4v) is 2.75. The summed E-state index contributed by atoms with van der Waals surface area (Å²) in [6.45, 7) is 2.93. The van der Waals surface area contributed by atoms with Gasteiger partial charge >= 0.3 is 11.9 Å². The molecule has 27 heavy (non-hydrogen) atoms. The van der Waals surface area contributed by atoms with E-state index in [-0.39, 0.29) is 17.1 Å². The zero-order valence-corrected chi connectivity index (χ0v) is 16.1. The second kappa shape index (κ2) is 7.32. The Morgan fingerprint density at radius 1 is 1.15 bits per heavy atom. The predicted octanol–water partition coefficient (Wildman–Crippen LogP) is 3.21. The van der Waals surface area contributed by atoms with Crippen molar-refractivity contribution in [3.63, 3.8) is 0 Å². The molecule has 1 aromatic carbocycles. The zero-order valence-electron chi connectivity index (χ0n) is 14.5. The van der Waals surface area contributed by atoms with Crippen molar-refractivity contribution in [3.05, 3.63) is 70.1 Å². The van der Waals surface area contributed by atoms with E-state index in [1.807, 2.05) is 0 Å². The van der Waals surface area contributed by atoms with Crippen LogP contribution in [0.2, 0.25) is 0 Å².